The molecule has 2 aromatic rings. The van der Waals surface area contributed by atoms with Crippen molar-refractivity contribution in [2.24, 2.45) is 0 Å². The highest BCUT2D eigenvalue weighted by molar-refractivity contribution is 7.09. The van der Waals surface area contributed by atoms with Crippen molar-refractivity contribution < 1.29 is 19.1 Å². The van der Waals surface area contributed by atoms with E-state index >= 15 is 0 Å². The lowest BCUT2D eigenvalue weighted by atomic mass is 10.4. The Morgan fingerprint density at radius 3 is 2.81 bits per heavy atom. The normalized spacial score (nSPS) is 10.3. The maximum absolute atomic E-state index is 11.6. The Morgan fingerprint density at radius 2 is 2.19 bits per heavy atom. The van der Waals surface area contributed by atoms with Crippen LogP contribution in [-0.4, -0.2) is 28.6 Å². The lowest BCUT2D eigenvalue weighted by Crippen LogP contribution is -2.36. The standard InChI is InChI=1S/C13H15N3O4S/c1-8-2-3-9(20-8)6-15-13(19)14-5-4-11-16-10(7-21-11)12(17)18/h2-3,7H,4-6H2,1H3,(H,17,18)(H2,14,15,19). The zero-order valence-electron chi connectivity index (χ0n) is 11.4. The minimum atomic E-state index is -1.04. The Morgan fingerprint density at radius 1 is 1.38 bits per heavy atom. The van der Waals surface area contributed by atoms with Crippen molar-refractivity contribution in [1.29, 1.82) is 0 Å². The van der Waals surface area contributed by atoms with Crippen molar-refractivity contribution in [3.8, 4) is 0 Å². The molecular formula is C13H15N3O4S. The van der Waals surface area contributed by atoms with Crippen molar-refractivity contribution in [2.75, 3.05) is 6.54 Å². The zero-order valence-corrected chi connectivity index (χ0v) is 12.2. The molecule has 0 aliphatic carbocycles. The number of aromatic carboxylic acids is 1. The first-order valence-corrected chi connectivity index (χ1v) is 7.17. The fraction of sp³-hybridized carbons (Fsp3) is 0.308. The highest BCUT2D eigenvalue weighted by atomic mass is 32.1. The second-order valence-corrected chi connectivity index (χ2v) is 5.25. The summed E-state index contributed by atoms with van der Waals surface area (Å²) in [6.07, 6.45) is 0.491. The number of hydrogen-bond acceptors (Lipinski definition) is 5. The first-order valence-electron chi connectivity index (χ1n) is 6.29. The van der Waals surface area contributed by atoms with Crippen LogP contribution in [0.2, 0.25) is 0 Å². The number of aromatic nitrogens is 1. The number of thiazole rings is 1. The van der Waals surface area contributed by atoms with Gasteiger partial charge in [-0.3, -0.25) is 0 Å². The van der Waals surface area contributed by atoms with Crippen LogP contribution in [0.5, 0.6) is 0 Å². The third kappa shape index (κ3) is 4.60. The first kappa shape index (κ1) is 15.0. The third-order valence-corrected chi connectivity index (χ3v) is 3.52. The predicted molar refractivity (Wildman–Crippen MR) is 76.5 cm³/mol. The first-order chi connectivity index (χ1) is 10.0. The van der Waals surface area contributed by atoms with Crippen LogP contribution in [0.25, 0.3) is 0 Å². The fourth-order valence-corrected chi connectivity index (χ4v) is 2.39. The smallest absolute Gasteiger partial charge is 0.355 e. The Hall–Kier alpha value is -2.35. The van der Waals surface area contributed by atoms with Gasteiger partial charge in [-0.1, -0.05) is 0 Å². The summed E-state index contributed by atoms with van der Waals surface area (Å²) in [5.74, 6) is 0.441. The molecule has 0 saturated heterocycles. The zero-order chi connectivity index (χ0) is 15.2. The summed E-state index contributed by atoms with van der Waals surface area (Å²) in [5, 5.41) is 16.2. The van der Waals surface area contributed by atoms with E-state index in [0.717, 1.165) is 5.76 Å². The number of aryl methyl sites for hydroxylation is 1. The van der Waals surface area contributed by atoms with Gasteiger partial charge in [0.25, 0.3) is 0 Å². The summed E-state index contributed by atoms with van der Waals surface area (Å²) in [6.45, 7) is 2.54. The second kappa shape index (κ2) is 6.89. The van der Waals surface area contributed by atoms with Crippen LogP contribution in [0.4, 0.5) is 4.79 Å². The van der Waals surface area contributed by atoms with Gasteiger partial charge in [-0.2, -0.15) is 0 Å². The van der Waals surface area contributed by atoms with Crippen LogP contribution >= 0.6 is 11.3 Å². The number of carboxylic acid groups (broad SMARTS) is 1. The van der Waals surface area contributed by atoms with Crippen molar-refractivity contribution in [3.05, 3.63) is 39.7 Å². The molecule has 0 radical (unpaired) electrons. The summed E-state index contributed by atoms with van der Waals surface area (Å²) < 4.78 is 5.33. The monoisotopic (exact) mass is 309 g/mol. The SMILES string of the molecule is Cc1ccc(CNC(=O)NCCc2nc(C(=O)O)cs2)o1. The molecule has 0 aromatic carbocycles. The summed E-state index contributed by atoms with van der Waals surface area (Å²) in [7, 11) is 0. The van der Waals surface area contributed by atoms with Crippen molar-refractivity contribution in [3.63, 3.8) is 0 Å². The van der Waals surface area contributed by atoms with Gasteiger partial charge in [0, 0.05) is 18.3 Å². The van der Waals surface area contributed by atoms with E-state index in [1.54, 1.807) is 6.07 Å². The Balaban J connectivity index is 1.67. The number of carbonyl (C=O) groups is 2. The minimum Gasteiger partial charge on any atom is -0.476 e. The van der Waals surface area contributed by atoms with E-state index < -0.39 is 5.97 Å². The quantitative estimate of drug-likeness (QED) is 0.754. The molecule has 2 heterocycles. The lowest BCUT2D eigenvalue weighted by molar-refractivity contribution is 0.0691. The molecule has 112 valence electrons. The molecule has 2 amide bonds. The molecule has 0 unspecified atom stereocenters. The Labute approximate surface area is 125 Å². The number of furan rings is 1. The number of urea groups is 1. The van der Waals surface area contributed by atoms with Crippen LogP contribution in [0.1, 0.15) is 27.0 Å². The number of hydrogen-bond donors (Lipinski definition) is 3. The molecule has 3 N–H and O–H groups in total. The number of carboxylic acids is 1. The molecule has 2 aromatic heterocycles. The van der Waals surface area contributed by atoms with E-state index in [0.29, 0.717) is 30.3 Å². The van der Waals surface area contributed by atoms with Crippen molar-refractivity contribution in [2.45, 2.75) is 19.9 Å². The molecule has 0 bridgehead atoms. The summed E-state index contributed by atoms with van der Waals surface area (Å²) >= 11 is 1.26. The molecule has 7 nitrogen and oxygen atoms in total. The van der Waals surface area contributed by atoms with Crippen LogP contribution in [-0.2, 0) is 13.0 Å². The molecule has 8 heteroatoms. The van der Waals surface area contributed by atoms with E-state index in [1.165, 1.54) is 16.7 Å². The third-order valence-electron chi connectivity index (χ3n) is 2.61. The molecule has 0 spiro atoms. The molecule has 2 rings (SSSR count). The van der Waals surface area contributed by atoms with Gasteiger partial charge in [-0.25, -0.2) is 14.6 Å². The average Bonchev–Trinajstić information content (AvgIpc) is 3.05. The van der Waals surface area contributed by atoms with E-state index in [9.17, 15) is 9.59 Å². The van der Waals surface area contributed by atoms with E-state index in [2.05, 4.69) is 15.6 Å². The van der Waals surface area contributed by atoms with Gasteiger partial charge < -0.3 is 20.2 Å². The highest BCUT2D eigenvalue weighted by Gasteiger charge is 2.09. The number of nitrogens with one attached hydrogen (secondary N) is 2. The number of rotatable bonds is 6. The van der Waals surface area contributed by atoms with E-state index in [-0.39, 0.29) is 11.7 Å². The van der Waals surface area contributed by atoms with Crippen LogP contribution in [0.15, 0.2) is 21.9 Å². The second-order valence-electron chi connectivity index (χ2n) is 4.30. The maximum atomic E-state index is 11.6. The number of amides is 2. The predicted octanol–water partition coefficient (Wildman–Crippen LogP) is 1.78. The van der Waals surface area contributed by atoms with Gasteiger partial charge in [0.2, 0.25) is 0 Å². The summed E-state index contributed by atoms with van der Waals surface area (Å²) in [6, 6.07) is 3.33. The van der Waals surface area contributed by atoms with Crippen molar-refractivity contribution >= 4 is 23.3 Å². The Bertz CT molecular complexity index is 635. The van der Waals surface area contributed by atoms with E-state index in [1.807, 2.05) is 13.0 Å². The van der Waals surface area contributed by atoms with Gasteiger partial charge in [-0.05, 0) is 19.1 Å². The maximum Gasteiger partial charge on any atom is 0.355 e. The van der Waals surface area contributed by atoms with Gasteiger partial charge in [-0.15, -0.1) is 11.3 Å². The molecule has 0 fully saturated rings. The average molecular weight is 309 g/mol. The largest absolute Gasteiger partial charge is 0.476 e. The summed E-state index contributed by atoms with van der Waals surface area (Å²) in [4.78, 5) is 26.2. The molecule has 0 atom stereocenters. The van der Waals surface area contributed by atoms with Crippen LogP contribution in [0.3, 0.4) is 0 Å². The van der Waals surface area contributed by atoms with Gasteiger partial charge >= 0.3 is 12.0 Å². The van der Waals surface area contributed by atoms with Gasteiger partial charge in [0.05, 0.1) is 11.6 Å². The molecule has 0 aliphatic heterocycles. The van der Waals surface area contributed by atoms with E-state index in [4.69, 9.17) is 9.52 Å². The van der Waals surface area contributed by atoms with Gasteiger partial charge in [0.15, 0.2) is 5.69 Å². The number of nitrogens with zero attached hydrogens (tertiary/aromatic N) is 1. The Kier molecular flexibility index (Phi) is 4.94. The molecular weight excluding hydrogens is 294 g/mol. The number of carbonyl (C=O) groups excluding carboxylic acids is 1. The highest BCUT2D eigenvalue weighted by Crippen LogP contribution is 2.09. The molecule has 0 aliphatic rings. The molecule has 0 saturated carbocycles. The van der Waals surface area contributed by atoms with Crippen LogP contribution < -0.4 is 10.6 Å². The van der Waals surface area contributed by atoms with Gasteiger partial charge in [0.1, 0.15) is 11.5 Å². The van der Waals surface area contributed by atoms with Crippen LogP contribution in [0, 0.1) is 6.92 Å². The molecule has 21 heavy (non-hydrogen) atoms. The van der Waals surface area contributed by atoms with Crippen molar-refractivity contribution in [1.82, 2.24) is 15.6 Å². The topological polar surface area (TPSA) is 104 Å². The minimum absolute atomic E-state index is 0.0349. The lowest BCUT2D eigenvalue weighted by Gasteiger charge is -2.05. The fourth-order valence-electron chi connectivity index (χ4n) is 1.62. The summed E-state index contributed by atoms with van der Waals surface area (Å²) in [5.41, 5.74) is 0.0349.